The molecule has 0 unspecified atom stereocenters. The fourth-order valence-electron chi connectivity index (χ4n) is 0.962. The maximum Gasteiger partial charge on any atom is 0.310 e. The molecule has 5 nitrogen and oxygen atoms in total. The molecule has 0 aliphatic rings. The Morgan fingerprint density at radius 1 is 1.62 bits per heavy atom. The van der Waals surface area contributed by atoms with E-state index in [-0.39, 0.29) is 9.13 Å². The maximum absolute atomic E-state index is 12.4. The number of halogens is 4. The lowest BCUT2D eigenvalue weighted by Gasteiger charge is -2.04. The molecular weight excluding hydrogens is 360 g/mol. The Hall–Kier alpha value is -0.900. The van der Waals surface area contributed by atoms with Gasteiger partial charge in [-0.15, -0.1) is 0 Å². The minimum Gasteiger partial charge on any atom is -0.276 e. The summed E-state index contributed by atoms with van der Waals surface area (Å²) < 4.78 is 24.6. The van der Waals surface area contributed by atoms with E-state index in [0.29, 0.717) is 0 Å². The number of pyridine rings is 1. The fourth-order valence-corrected chi connectivity index (χ4v) is 2.12. The van der Waals surface area contributed by atoms with Gasteiger partial charge in [0.2, 0.25) is 0 Å². The van der Waals surface area contributed by atoms with E-state index in [9.17, 15) is 23.7 Å². The number of hydrogen-bond donors (Lipinski definition) is 0. The molecule has 9 heteroatoms. The molecule has 0 spiro atoms. The van der Waals surface area contributed by atoms with E-state index in [1.54, 1.807) is 0 Å². The highest BCUT2D eigenvalue weighted by molar-refractivity contribution is 14.1. The van der Waals surface area contributed by atoms with E-state index in [1.165, 1.54) is 22.6 Å². The number of carbonyl (C=O) groups excluding carboxylic acids is 1. The number of alkyl halides is 2. The lowest BCUT2D eigenvalue weighted by atomic mass is 10.2. The van der Waals surface area contributed by atoms with Gasteiger partial charge in [0.25, 0.3) is 11.7 Å². The summed E-state index contributed by atoms with van der Waals surface area (Å²) in [6, 6.07) is 0. The summed E-state index contributed by atoms with van der Waals surface area (Å²) in [6.45, 7) is 0. The van der Waals surface area contributed by atoms with Crippen molar-refractivity contribution in [3.63, 3.8) is 0 Å². The normalized spacial score (nSPS) is 10.6. The molecule has 0 aliphatic carbocycles. The molecule has 0 aromatic carbocycles. The molecule has 0 fully saturated rings. The molecule has 1 heterocycles. The largest absolute Gasteiger partial charge is 0.310 e. The molecule has 16 heavy (non-hydrogen) atoms. The Balaban J connectivity index is 3.54. The highest BCUT2D eigenvalue weighted by Gasteiger charge is 2.29. The van der Waals surface area contributed by atoms with Crippen molar-refractivity contribution >= 4 is 45.1 Å². The highest BCUT2D eigenvalue weighted by Crippen LogP contribution is 2.33. The third-order valence-electron chi connectivity index (χ3n) is 1.62. The van der Waals surface area contributed by atoms with Crippen LogP contribution in [0.25, 0.3) is 0 Å². The first-order chi connectivity index (χ1) is 7.36. The second-order valence-corrected chi connectivity index (χ2v) is 3.97. The zero-order valence-electron chi connectivity index (χ0n) is 7.29. The molecule has 0 amide bonds. The molecule has 0 aliphatic heterocycles. The second kappa shape index (κ2) is 4.95. The average Bonchev–Trinajstić information content (AvgIpc) is 2.15. The van der Waals surface area contributed by atoms with Crippen LogP contribution in [-0.4, -0.2) is 15.1 Å². The van der Waals surface area contributed by atoms with Crippen molar-refractivity contribution in [1.29, 1.82) is 0 Å². The molecule has 1 aromatic rings. The summed E-state index contributed by atoms with van der Waals surface area (Å²) in [6.07, 6.45) is -2.29. The smallest absolute Gasteiger partial charge is 0.276 e. The van der Waals surface area contributed by atoms with E-state index in [2.05, 4.69) is 4.98 Å². The van der Waals surface area contributed by atoms with Crippen molar-refractivity contribution in [3.05, 3.63) is 31.1 Å². The van der Waals surface area contributed by atoms with Gasteiger partial charge in [0, 0.05) is 6.20 Å². The fraction of sp³-hybridized carbons (Fsp3) is 0.143. The third-order valence-corrected chi connectivity index (χ3v) is 2.92. The first-order valence-corrected chi connectivity index (χ1v) is 5.12. The number of nitro groups is 1. The SMILES string of the molecule is O=C(Cl)c1cnc(C(F)F)c([N+](=O)[O-])c1I. The Labute approximate surface area is 106 Å². The monoisotopic (exact) mass is 362 g/mol. The number of hydrogen-bond acceptors (Lipinski definition) is 4. The van der Waals surface area contributed by atoms with Crippen LogP contribution >= 0.6 is 34.2 Å². The van der Waals surface area contributed by atoms with E-state index in [1.807, 2.05) is 0 Å². The van der Waals surface area contributed by atoms with Gasteiger partial charge in [0.15, 0.2) is 5.69 Å². The van der Waals surface area contributed by atoms with Crippen LogP contribution in [0.2, 0.25) is 0 Å². The van der Waals surface area contributed by atoms with Crippen LogP contribution in [0.1, 0.15) is 22.5 Å². The van der Waals surface area contributed by atoms with Crippen LogP contribution < -0.4 is 0 Å². The summed E-state index contributed by atoms with van der Waals surface area (Å²) in [5.74, 6) is 0. The Kier molecular flexibility index (Phi) is 4.08. The van der Waals surface area contributed by atoms with Crippen LogP contribution in [0.5, 0.6) is 0 Å². The highest BCUT2D eigenvalue weighted by atomic mass is 127. The lowest BCUT2D eigenvalue weighted by Crippen LogP contribution is -2.06. The standard InChI is InChI=1S/C7H2ClF2IN2O3/c8-6(14)2-1-12-4(7(9)10)5(3(2)11)13(15)16/h1,7H. The number of carbonyl (C=O) groups is 1. The Morgan fingerprint density at radius 3 is 2.56 bits per heavy atom. The summed E-state index contributed by atoms with van der Waals surface area (Å²) in [7, 11) is 0. The lowest BCUT2D eigenvalue weighted by molar-refractivity contribution is -0.387. The van der Waals surface area contributed by atoms with Crippen LogP contribution in [0.3, 0.4) is 0 Å². The zero-order chi connectivity index (χ0) is 12.5. The molecular formula is C7H2ClF2IN2O3. The van der Waals surface area contributed by atoms with Gasteiger partial charge in [-0.2, -0.15) is 0 Å². The van der Waals surface area contributed by atoms with Gasteiger partial charge in [0.1, 0.15) is 3.57 Å². The zero-order valence-corrected chi connectivity index (χ0v) is 10.2. The molecule has 0 radical (unpaired) electrons. The molecule has 1 rings (SSSR count). The molecule has 1 aromatic heterocycles. The molecule has 0 saturated carbocycles. The Bertz CT molecular complexity index is 469. The van der Waals surface area contributed by atoms with E-state index >= 15 is 0 Å². The van der Waals surface area contributed by atoms with E-state index < -0.39 is 28.0 Å². The molecule has 0 atom stereocenters. The van der Waals surface area contributed by atoms with Gasteiger partial charge < -0.3 is 0 Å². The average molecular weight is 362 g/mol. The molecule has 86 valence electrons. The minimum absolute atomic E-state index is 0.243. The van der Waals surface area contributed by atoms with Gasteiger partial charge >= 0.3 is 5.69 Å². The summed E-state index contributed by atoms with van der Waals surface area (Å²) in [5.41, 5.74) is -2.13. The number of rotatable bonds is 3. The van der Waals surface area contributed by atoms with Crippen LogP contribution in [0.15, 0.2) is 6.20 Å². The van der Waals surface area contributed by atoms with Crippen molar-refractivity contribution in [2.75, 3.05) is 0 Å². The molecule has 0 bridgehead atoms. The van der Waals surface area contributed by atoms with E-state index in [0.717, 1.165) is 6.20 Å². The topological polar surface area (TPSA) is 73.1 Å². The Morgan fingerprint density at radius 2 is 2.19 bits per heavy atom. The van der Waals surface area contributed by atoms with Crippen LogP contribution in [0.4, 0.5) is 14.5 Å². The van der Waals surface area contributed by atoms with Crippen LogP contribution in [0, 0.1) is 13.7 Å². The molecule has 0 N–H and O–H groups in total. The van der Waals surface area contributed by atoms with Gasteiger partial charge in [-0.3, -0.25) is 14.9 Å². The maximum atomic E-state index is 12.4. The number of aromatic nitrogens is 1. The quantitative estimate of drug-likeness (QED) is 0.359. The van der Waals surface area contributed by atoms with Gasteiger partial charge in [-0.1, -0.05) is 0 Å². The predicted molar refractivity (Wildman–Crippen MR) is 58.7 cm³/mol. The summed E-state index contributed by atoms with van der Waals surface area (Å²) >= 11 is 6.53. The summed E-state index contributed by atoms with van der Waals surface area (Å²) in [5, 5.41) is 9.61. The van der Waals surface area contributed by atoms with Crippen molar-refractivity contribution in [2.24, 2.45) is 0 Å². The van der Waals surface area contributed by atoms with Crippen molar-refractivity contribution < 1.29 is 18.5 Å². The first-order valence-electron chi connectivity index (χ1n) is 3.67. The summed E-state index contributed by atoms with van der Waals surface area (Å²) in [4.78, 5) is 23.6. The second-order valence-electron chi connectivity index (χ2n) is 2.55. The van der Waals surface area contributed by atoms with Gasteiger partial charge in [-0.05, 0) is 34.2 Å². The van der Waals surface area contributed by atoms with E-state index in [4.69, 9.17) is 11.6 Å². The molecule has 0 saturated heterocycles. The van der Waals surface area contributed by atoms with Crippen molar-refractivity contribution in [2.45, 2.75) is 6.43 Å². The first kappa shape index (κ1) is 13.2. The van der Waals surface area contributed by atoms with Crippen molar-refractivity contribution in [1.82, 2.24) is 4.98 Å². The third kappa shape index (κ3) is 2.43. The van der Waals surface area contributed by atoms with Crippen molar-refractivity contribution in [3.8, 4) is 0 Å². The van der Waals surface area contributed by atoms with Gasteiger partial charge in [-0.25, -0.2) is 13.8 Å². The minimum atomic E-state index is -3.09. The van der Waals surface area contributed by atoms with Crippen LogP contribution in [-0.2, 0) is 0 Å². The number of nitrogens with zero attached hydrogens (tertiary/aromatic N) is 2. The van der Waals surface area contributed by atoms with Gasteiger partial charge in [0.05, 0.1) is 10.5 Å². The predicted octanol–water partition coefficient (Wildman–Crippen LogP) is 2.91.